The predicted octanol–water partition coefficient (Wildman–Crippen LogP) is 4.19. The van der Waals surface area contributed by atoms with E-state index in [-0.39, 0.29) is 6.16 Å². The Balaban J connectivity index is 2.44. The molecule has 0 amide bonds. The second kappa shape index (κ2) is 6.17. The van der Waals surface area contributed by atoms with Gasteiger partial charge in [-0.25, -0.2) is 0 Å². The van der Waals surface area contributed by atoms with Crippen molar-refractivity contribution in [3.05, 3.63) is 91.0 Å². The summed E-state index contributed by atoms with van der Waals surface area (Å²) < 4.78 is 0. The van der Waals surface area contributed by atoms with Gasteiger partial charge in [0.05, 0.1) is 0 Å². The van der Waals surface area contributed by atoms with Crippen LogP contribution in [0.5, 0.6) is 0 Å². The molecule has 3 heteroatoms. The molecule has 23 heavy (non-hydrogen) atoms. The molecule has 3 aromatic rings. The van der Waals surface area contributed by atoms with Crippen molar-refractivity contribution in [3.63, 3.8) is 0 Å². The van der Waals surface area contributed by atoms with Gasteiger partial charge in [-0.3, -0.25) is 0 Å². The number of hydrogen-bond donors (Lipinski definition) is 0. The molecule has 0 N–H and O–H groups in total. The maximum absolute atomic E-state index is 9.65. The monoisotopic (exact) mass is 337 g/mol. The zero-order valence-electron chi connectivity index (χ0n) is 12.6. The van der Waals surface area contributed by atoms with E-state index >= 15 is 0 Å². The van der Waals surface area contributed by atoms with Gasteiger partial charge in [0.1, 0.15) is 0 Å². The van der Waals surface area contributed by atoms with Crippen LogP contribution in [0.15, 0.2) is 91.0 Å². The Morgan fingerprint density at radius 2 is 0.957 bits per heavy atom. The Hall–Kier alpha value is -2.13. The van der Waals surface area contributed by atoms with E-state index in [0.29, 0.717) is 0 Å². The molecule has 0 heterocycles. The minimum atomic E-state index is -3.32. The number of hydrogen-bond acceptors (Lipinski definition) is 1. The zero-order chi connectivity index (χ0) is 16.2. The summed E-state index contributed by atoms with van der Waals surface area (Å²) in [5.41, 5.74) is 0. The third-order valence-corrected chi connectivity index (χ3v) is 11.2. The van der Waals surface area contributed by atoms with Crippen molar-refractivity contribution in [2.75, 3.05) is 6.16 Å². The van der Waals surface area contributed by atoms with E-state index in [0.717, 1.165) is 15.9 Å². The molecule has 0 spiro atoms. The van der Waals surface area contributed by atoms with Crippen molar-refractivity contribution in [2.45, 2.75) is 0 Å². The van der Waals surface area contributed by atoms with E-state index in [1.54, 1.807) is 0 Å². The normalized spacial score (nSPS) is 12.8. The quantitative estimate of drug-likeness (QED) is 0.655. The van der Waals surface area contributed by atoms with Gasteiger partial charge in [0.15, 0.2) is 0 Å². The van der Waals surface area contributed by atoms with Crippen LogP contribution < -0.4 is 15.9 Å². The molecule has 0 radical (unpaired) electrons. The van der Waals surface area contributed by atoms with Crippen molar-refractivity contribution in [3.8, 4) is 6.07 Å². The Labute approximate surface area is 141 Å². The Bertz CT molecular complexity index is 726. The van der Waals surface area contributed by atoms with Gasteiger partial charge in [-0.15, -0.1) is 0 Å². The Morgan fingerprint density at radius 1 is 0.652 bits per heavy atom. The van der Waals surface area contributed by atoms with Crippen molar-refractivity contribution in [1.82, 2.24) is 0 Å². The molecule has 0 aromatic heterocycles. The molecular formula is C20H17ClNP. The average molecular weight is 338 g/mol. The molecule has 1 nitrogen and oxygen atoms in total. The summed E-state index contributed by atoms with van der Waals surface area (Å²) in [4.78, 5) is 0. The number of halogens is 1. The molecule has 0 atom stereocenters. The van der Waals surface area contributed by atoms with Crippen LogP contribution in [0.2, 0.25) is 0 Å². The summed E-state index contributed by atoms with van der Waals surface area (Å²) in [5, 5.41) is 12.7. The fraction of sp³-hybridized carbons (Fsp3) is 0.0500. The van der Waals surface area contributed by atoms with Gasteiger partial charge in [0, 0.05) is 0 Å². The second-order valence-electron chi connectivity index (χ2n) is 5.51. The van der Waals surface area contributed by atoms with Gasteiger partial charge in [0.2, 0.25) is 0 Å². The summed E-state index contributed by atoms with van der Waals surface area (Å²) in [6, 6.07) is 32.5. The Morgan fingerprint density at radius 3 is 1.22 bits per heavy atom. The molecule has 0 saturated carbocycles. The summed E-state index contributed by atoms with van der Waals surface area (Å²) in [6.07, 6.45) is 0.269. The van der Waals surface area contributed by atoms with Crippen LogP contribution in [0.4, 0.5) is 0 Å². The molecular weight excluding hydrogens is 321 g/mol. The second-order valence-corrected chi connectivity index (χ2v) is 12.0. The van der Waals surface area contributed by atoms with Crippen LogP contribution in [0.1, 0.15) is 0 Å². The van der Waals surface area contributed by atoms with Crippen molar-refractivity contribution in [2.24, 2.45) is 0 Å². The van der Waals surface area contributed by atoms with Gasteiger partial charge >= 0.3 is 142 Å². The van der Waals surface area contributed by atoms with Crippen LogP contribution in [0, 0.1) is 11.3 Å². The van der Waals surface area contributed by atoms with Crippen LogP contribution in [0.3, 0.4) is 0 Å². The molecule has 3 rings (SSSR count). The standard InChI is InChI=1S/C20H17ClNP/c21-23(17-16-22,18-10-4-1-5-11-18,19-12-6-2-7-13-19)20-14-8-3-9-15-20/h1-15H,17H2. The molecule has 0 bridgehead atoms. The maximum atomic E-state index is 9.65. The first-order valence-corrected chi connectivity index (χ1v) is 10.8. The molecule has 3 aromatic carbocycles. The van der Waals surface area contributed by atoms with Crippen LogP contribution >= 0.6 is 17.2 Å². The zero-order valence-corrected chi connectivity index (χ0v) is 14.3. The van der Waals surface area contributed by atoms with Crippen LogP contribution in [-0.4, -0.2) is 6.16 Å². The van der Waals surface area contributed by atoms with Crippen LogP contribution in [0.25, 0.3) is 0 Å². The average Bonchev–Trinajstić information content (AvgIpc) is 2.64. The van der Waals surface area contributed by atoms with Crippen molar-refractivity contribution >= 4 is 33.1 Å². The topological polar surface area (TPSA) is 23.8 Å². The fourth-order valence-electron chi connectivity index (χ4n) is 3.07. The third kappa shape index (κ3) is 2.45. The van der Waals surface area contributed by atoms with Gasteiger partial charge in [0.25, 0.3) is 0 Å². The van der Waals surface area contributed by atoms with Crippen molar-refractivity contribution < 1.29 is 0 Å². The first-order valence-electron chi connectivity index (χ1n) is 7.47. The summed E-state index contributed by atoms with van der Waals surface area (Å²) in [7, 11) is 0. The molecule has 0 aliphatic heterocycles. The van der Waals surface area contributed by atoms with Gasteiger partial charge in [-0.1, -0.05) is 0 Å². The summed E-state index contributed by atoms with van der Waals surface area (Å²) in [6.45, 7) is 0. The molecule has 0 fully saturated rings. The number of nitriles is 1. The van der Waals surface area contributed by atoms with Gasteiger partial charge < -0.3 is 0 Å². The fourth-order valence-corrected chi connectivity index (χ4v) is 8.33. The Kier molecular flexibility index (Phi) is 4.22. The van der Waals surface area contributed by atoms with Gasteiger partial charge in [-0.05, 0) is 0 Å². The summed E-state index contributed by atoms with van der Waals surface area (Å²) in [5.74, 6) is -3.32. The van der Waals surface area contributed by atoms with Gasteiger partial charge in [-0.2, -0.15) is 0 Å². The van der Waals surface area contributed by atoms with E-state index in [2.05, 4.69) is 6.07 Å². The number of nitrogens with zero attached hydrogens (tertiary/aromatic N) is 1. The number of benzene rings is 3. The van der Waals surface area contributed by atoms with E-state index in [9.17, 15) is 5.26 Å². The summed E-state index contributed by atoms with van der Waals surface area (Å²) >= 11 is 7.58. The number of rotatable bonds is 4. The van der Waals surface area contributed by atoms with E-state index in [4.69, 9.17) is 11.2 Å². The van der Waals surface area contributed by atoms with E-state index in [1.807, 2.05) is 91.0 Å². The molecule has 0 unspecified atom stereocenters. The molecule has 0 aliphatic carbocycles. The third-order valence-electron chi connectivity index (χ3n) is 4.25. The molecule has 0 aliphatic rings. The molecule has 114 valence electrons. The van der Waals surface area contributed by atoms with E-state index in [1.165, 1.54) is 0 Å². The molecule has 0 saturated heterocycles. The van der Waals surface area contributed by atoms with Crippen molar-refractivity contribution in [1.29, 1.82) is 5.26 Å². The SMILES string of the molecule is N#CCP(Cl)(c1ccccc1)(c1ccccc1)c1ccccc1. The predicted molar refractivity (Wildman–Crippen MR) is 101 cm³/mol. The first-order chi connectivity index (χ1) is 11.2. The van der Waals surface area contributed by atoms with Crippen LogP contribution in [-0.2, 0) is 0 Å². The van der Waals surface area contributed by atoms with E-state index < -0.39 is 5.96 Å². The minimum absolute atomic E-state index is 0.269. The first kappa shape index (κ1) is 15.8.